The number of pyridine rings is 1. The molecule has 0 radical (unpaired) electrons. The van der Waals surface area contributed by atoms with Crippen molar-refractivity contribution in [3.63, 3.8) is 0 Å². The molecule has 0 saturated heterocycles. The highest BCUT2D eigenvalue weighted by molar-refractivity contribution is 7.93. The Morgan fingerprint density at radius 3 is 2.88 bits per heavy atom. The molecule has 2 atom stereocenters. The number of ether oxygens (including phenoxy) is 1. The zero-order valence-electron chi connectivity index (χ0n) is 9.68. The molecular formula is C10H12ClN3O2S. The van der Waals surface area contributed by atoms with Crippen LogP contribution in [0.15, 0.2) is 16.6 Å². The van der Waals surface area contributed by atoms with Gasteiger partial charge < -0.3 is 4.74 Å². The largest absolute Gasteiger partial charge is 0.494 e. The summed E-state index contributed by atoms with van der Waals surface area (Å²) >= 11 is 5.79. The predicted octanol–water partition coefficient (Wildman–Crippen LogP) is 2.38. The Hall–Kier alpha value is -1.32. The SMILES string of the molecule is COc1cc(C(C)S(C)(=O)=NC#N)cnc1Cl. The second-order valence-corrected chi connectivity index (χ2v) is 6.43. The van der Waals surface area contributed by atoms with E-state index in [2.05, 4.69) is 9.35 Å². The molecule has 0 amide bonds. The summed E-state index contributed by atoms with van der Waals surface area (Å²) in [6.45, 7) is 1.72. The van der Waals surface area contributed by atoms with Gasteiger partial charge in [-0.1, -0.05) is 11.6 Å². The van der Waals surface area contributed by atoms with Crippen LogP contribution >= 0.6 is 11.6 Å². The second-order valence-electron chi connectivity index (χ2n) is 3.46. The van der Waals surface area contributed by atoms with E-state index in [1.54, 1.807) is 19.2 Å². The highest BCUT2D eigenvalue weighted by Crippen LogP contribution is 2.29. The molecule has 0 aliphatic carbocycles. The summed E-state index contributed by atoms with van der Waals surface area (Å²) in [5.74, 6) is 0.406. The third-order valence-corrected chi connectivity index (χ3v) is 4.71. The normalized spacial score (nSPS) is 15.5. The van der Waals surface area contributed by atoms with Crippen molar-refractivity contribution in [1.82, 2.24) is 4.98 Å². The summed E-state index contributed by atoms with van der Waals surface area (Å²) in [5.41, 5.74) is 0.665. The fourth-order valence-corrected chi connectivity index (χ4v) is 2.36. The second kappa shape index (κ2) is 5.34. The number of rotatable bonds is 3. The van der Waals surface area contributed by atoms with Crippen LogP contribution in [0.5, 0.6) is 5.75 Å². The molecule has 0 aromatic carbocycles. The zero-order valence-corrected chi connectivity index (χ0v) is 11.2. The van der Waals surface area contributed by atoms with Gasteiger partial charge in [0.1, 0.15) is 0 Å². The molecule has 17 heavy (non-hydrogen) atoms. The number of hydrogen-bond donors (Lipinski definition) is 0. The lowest BCUT2D eigenvalue weighted by Gasteiger charge is -2.13. The van der Waals surface area contributed by atoms with Crippen LogP contribution in [0.1, 0.15) is 17.7 Å². The van der Waals surface area contributed by atoms with Gasteiger partial charge in [-0.25, -0.2) is 9.19 Å². The van der Waals surface area contributed by atoms with Crippen molar-refractivity contribution in [3.05, 3.63) is 23.0 Å². The number of halogens is 1. The maximum absolute atomic E-state index is 12.1. The van der Waals surface area contributed by atoms with E-state index < -0.39 is 15.0 Å². The van der Waals surface area contributed by atoms with Crippen LogP contribution in [0.4, 0.5) is 0 Å². The number of methoxy groups -OCH3 is 1. The van der Waals surface area contributed by atoms with E-state index >= 15 is 0 Å². The van der Waals surface area contributed by atoms with E-state index in [0.29, 0.717) is 11.3 Å². The Kier molecular flexibility index (Phi) is 4.32. The summed E-state index contributed by atoms with van der Waals surface area (Å²) in [6.07, 6.45) is 4.51. The first kappa shape index (κ1) is 13.7. The van der Waals surface area contributed by atoms with E-state index in [-0.39, 0.29) is 5.15 Å². The van der Waals surface area contributed by atoms with Crippen LogP contribution in [-0.2, 0) is 9.73 Å². The van der Waals surface area contributed by atoms with Gasteiger partial charge in [-0.15, -0.1) is 4.36 Å². The molecule has 2 unspecified atom stereocenters. The molecule has 0 fully saturated rings. The number of nitriles is 1. The summed E-state index contributed by atoms with van der Waals surface area (Å²) in [4.78, 5) is 3.93. The summed E-state index contributed by atoms with van der Waals surface area (Å²) in [6, 6.07) is 1.65. The minimum atomic E-state index is -2.63. The lowest BCUT2D eigenvalue weighted by molar-refractivity contribution is 0.412. The molecule has 92 valence electrons. The van der Waals surface area contributed by atoms with Gasteiger partial charge in [-0.05, 0) is 18.6 Å². The monoisotopic (exact) mass is 273 g/mol. The van der Waals surface area contributed by atoms with Gasteiger partial charge >= 0.3 is 0 Å². The van der Waals surface area contributed by atoms with Crippen LogP contribution in [0, 0.1) is 11.5 Å². The van der Waals surface area contributed by atoms with Crippen molar-refractivity contribution in [2.24, 2.45) is 4.36 Å². The van der Waals surface area contributed by atoms with Gasteiger partial charge in [0.05, 0.1) is 22.1 Å². The number of nitrogens with zero attached hydrogens (tertiary/aromatic N) is 3. The Labute approximate surface area is 106 Å². The van der Waals surface area contributed by atoms with Gasteiger partial charge in [0.2, 0.25) is 6.19 Å². The molecule has 0 bridgehead atoms. The Morgan fingerprint density at radius 2 is 2.35 bits per heavy atom. The minimum Gasteiger partial charge on any atom is -0.494 e. The average Bonchev–Trinajstić information content (AvgIpc) is 2.28. The zero-order chi connectivity index (χ0) is 13.1. The molecule has 0 spiro atoms. The first-order valence-electron chi connectivity index (χ1n) is 4.71. The van der Waals surface area contributed by atoms with E-state index in [9.17, 15) is 4.21 Å². The quantitative estimate of drug-likeness (QED) is 0.626. The molecule has 7 heteroatoms. The minimum absolute atomic E-state index is 0.239. The van der Waals surface area contributed by atoms with Crippen molar-refractivity contribution >= 4 is 21.3 Å². The van der Waals surface area contributed by atoms with Crippen LogP contribution < -0.4 is 4.74 Å². The lowest BCUT2D eigenvalue weighted by atomic mass is 10.2. The van der Waals surface area contributed by atoms with Crippen LogP contribution in [0.3, 0.4) is 0 Å². The summed E-state index contributed by atoms with van der Waals surface area (Å²) < 4.78 is 20.5. The maximum atomic E-state index is 12.1. The van der Waals surface area contributed by atoms with E-state index in [0.717, 1.165) is 0 Å². The molecule has 0 aliphatic heterocycles. The third-order valence-electron chi connectivity index (χ3n) is 2.40. The standard InChI is InChI=1S/C10H12ClN3O2S/c1-7(17(3,15)14-6-12)8-4-9(16-2)10(11)13-5-8/h4-5,7H,1-3H3. The van der Waals surface area contributed by atoms with E-state index in [1.807, 2.05) is 0 Å². The fourth-order valence-electron chi connectivity index (χ4n) is 1.22. The van der Waals surface area contributed by atoms with Gasteiger partial charge in [0.15, 0.2) is 10.9 Å². The Bertz CT molecular complexity index is 573. The van der Waals surface area contributed by atoms with Gasteiger partial charge in [0.25, 0.3) is 0 Å². The molecule has 0 saturated carbocycles. The van der Waals surface area contributed by atoms with E-state index in [1.165, 1.54) is 19.6 Å². The molecule has 0 aliphatic rings. The predicted molar refractivity (Wildman–Crippen MR) is 66.3 cm³/mol. The Morgan fingerprint density at radius 1 is 1.71 bits per heavy atom. The Balaban J connectivity index is 3.24. The topological polar surface area (TPSA) is 75.3 Å². The van der Waals surface area contributed by atoms with Crippen LogP contribution in [0.2, 0.25) is 5.15 Å². The molecular weight excluding hydrogens is 262 g/mol. The van der Waals surface area contributed by atoms with Crippen molar-refractivity contribution in [1.29, 1.82) is 5.26 Å². The van der Waals surface area contributed by atoms with Crippen LogP contribution in [-0.4, -0.2) is 22.6 Å². The highest BCUT2D eigenvalue weighted by atomic mass is 35.5. The first-order valence-corrected chi connectivity index (χ1v) is 7.07. The average molecular weight is 274 g/mol. The van der Waals surface area contributed by atoms with E-state index in [4.69, 9.17) is 21.6 Å². The number of hydrogen-bond acceptors (Lipinski definition) is 5. The molecule has 0 N–H and O–H groups in total. The summed E-state index contributed by atoms with van der Waals surface area (Å²) in [7, 11) is -1.15. The van der Waals surface area contributed by atoms with Crippen molar-refractivity contribution < 1.29 is 8.95 Å². The van der Waals surface area contributed by atoms with Crippen LogP contribution in [0.25, 0.3) is 0 Å². The fraction of sp³-hybridized carbons (Fsp3) is 0.400. The first-order chi connectivity index (χ1) is 7.92. The summed E-state index contributed by atoms with van der Waals surface area (Å²) in [5, 5.41) is 8.29. The smallest absolute Gasteiger partial charge is 0.214 e. The molecule has 1 rings (SSSR count). The molecule has 1 heterocycles. The van der Waals surface area contributed by atoms with Gasteiger partial charge in [0, 0.05) is 12.5 Å². The van der Waals surface area contributed by atoms with Crippen molar-refractivity contribution in [2.75, 3.05) is 13.4 Å². The van der Waals surface area contributed by atoms with Gasteiger partial charge in [-0.2, -0.15) is 5.26 Å². The molecule has 1 aromatic rings. The maximum Gasteiger partial charge on any atom is 0.214 e. The lowest BCUT2D eigenvalue weighted by Crippen LogP contribution is -2.08. The molecule has 1 aromatic heterocycles. The van der Waals surface area contributed by atoms with Crippen molar-refractivity contribution in [2.45, 2.75) is 12.2 Å². The van der Waals surface area contributed by atoms with Crippen molar-refractivity contribution in [3.8, 4) is 11.9 Å². The third kappa shape index (κ3) is 3.08. The van der Waals surface area contributed by atoms with Gasteiger partial charge in [-0.3, -0.25) is 0 Å². The number of aromatic nitrogens is 1. The molecule has 5 nitrogen and oxygen atoms in total. The highest BCUT2D eigenvalue weighted by Gasteiger charge is 2.18.